The highest BCUT2D eigenvalue weighted by atomic mass is 19.1. The van der Waals surface area contributed by atoms with Crippen molar-refractivity contribution in [3.63, 3.8) is 0 Å². The number of nitrogens with one attached hydrogen (secondary N) is 3. The quantitative estimate of drug-likeness (QED) is 0.308. The van der Waals surface area contributed by atoms with Crippen molar-refractivity contribution >= 4 is 22.1 Å². The molecule has 6 rings (SSSR count). The zero-order chi connectivity index (χ0) is 24.6. The Balaban J connectivity index is 1.47. The largest absolute Gasteiger partial charge is 0.337 e. The highest BCUT2D eigenvalue weighted by Gasteiger charge is 2.21. The monoisotopic (exact) mass is 482 g/mol. The van der Waals surface area contributed by atoms with E-state index in [-0.39, 0.29) is 16.9 Å². The number of nitrogens with zero attached hydrogens (tertiary/aromatic N) is 5. The van der Waals surface area contributed by atoms with Crippen molar-refractivity contribution in [2.75, 3.05) is 6.54 Å². The smallest absolute Gasteiger partial charge is 0.184 e. The molecular weight excluding hydrogens is 462 g/mol. The molecule has 3 N–H and O–H groups in total. The molecule has 0 bridgehead atoms. The van der Waals surface area contributed by atoms with Gasteiger partial charge in [0, 0.05) is 48.0 Å². The van der Waals surface area contributed by atoms with Crippen LogP contribution < -0.4 is 5.32 Å². The number of aromatic amines is 2. The van der Waals surface area contributed by atoms with Crippen molar-refractivity contribution in [1.82, 2.24) is 40.4 Å². The fraction of sp³-hybridized carbons (Fsp3) is 0.115. The Morgan fingerprint density at radius 3 is 2.67 bits per heavy atom. The van der Waals surface area contributed by atoms with Crippen molar-refractivity contribution in [2.24, 2.45) is 0 Å². The molecule has 0 atom stereocenters. The van der Waals surface area contributed by atoms with Crippen LogP contribution in [0.1, 0.15) is 12.5 Å². The van der Waals surface area contributed by atoms with Gasteiger partial charge in [0.25, 0.3) is 0 Å². The maximum absolute atomic E-state index is 15.9. The zero-order valence-electron chi connectivity index (χ0n) is 19.2. The molecule has 5 heterocycles. The van der Waals surface area contributed by atoms with E-state index in [1.807, 2.05) is 13.0 Å². The van der Waals surface area contributed by atoms with Gasteiger partial charge in [0.1, 0.15) is 22.8 Å². The molecule has 36 heavy (non-hydrogen) atoms. The summed E-state index contributed by atoms with van der Waals surface area (Å²) in [5, 5.41) is 10.5. The second kappa shape index (κ2) is 8.90. The van der Waals surface area contributed by atoms with Crippen molar-refractivity contribution < 1.29 is 8.78 Å². The summed E-state index contributed by atoms with van der Waals surface area (Å²) < 4.78 is 29.3. The van der Waals surface area contributed by atoms with Gasteiger partial charge in [-0.15, -0.1) is 0 Å². The van der Waals surface area contributed by atoms with E-state index < -0.39 is 5.82 Å². The number of aromatic nitrogens is 7. The normalized spacial score (nSPS) is 11.5. The minimum absolute atomic E-state index is 0.222. The maximum atomic E-state index is 15.9. The lowest BCUT2D eigenvalue weighted by molar-refractivity contribution is 0.628. The van der Waals surface area contributed by atoms with Gasteiger partial charge in [0.2, 0.25) is 0 Å². The van der Waals surface area contributed by atoms with Crippen molar-refractivity contribution in [3.05, 3.63) is 78.4 Å². The molecule has 0 aliphatic carbocycles. The van der Waals surface area contributed by atoms with E-state index in [0.717, 1.165) is 17.7 Å². The van der Waals surface area contributed by atoms with Crippen molar-refractivity contribution in [2.45, 2.75) is 13.5 Å². The Hall–Kier alpha value is -4.57. The summed E-state index contributed by atoms with van der Waals surface area (Å²) in [6, 6.07) is 9.70. The highest BCUT2D eigenvalue weighted by Crippen LogP contribution is 2.34. The highest BCUT2D eigenvalue weighted by molar-refractivity contribution is 5.96. The Labute approximate surface area is 203 Å². The Kier molecular flexibility index (Phi) is 5.42. The molecule has 0 saturated heterocycles. The molecule has 0 radical (unpaired) electrons. The van der Waals surface area contributed by atoms with Crippen LogP contribution >= 0.6 is 0 Å². The van der Waals surface area contributed by atoms with E-state index in [2.05, 4.69) is 35.5 Å². The van der Waals surface area contributed by atoms with E-state index >= 15 is 4.39 Å². The minimum atomic E-state index is -0.469. The molecule has 8 nitrogen and oxygen atoms in total. The number of fused-ring (bicyclic) bond motifs is 2. The lowest BCUT2D eigenvalue weighted by Crippen LogP contribution is -2.11. The molecule has 0 spiro atoms. The molecule has 0 amide bonds. The van der Waals surface area contributed by atoms with Gasteiger partial charge in [0.05, 0.1) is 16.6 Å². The first-order valence-electron chi connectivity index (χ1n) is 11.4. The van der Waals surface area contributed by atoms with Crippen LogP contribution in [-0.4, -0.2) is 41.7 Å². The molecule has 10 heteroatoms. The molecule has 1 aromatic carbocycles. The number of hydrogen-bond acceptors (Lipinski definition) is 6. The first-order valence-corrected chi connectivity index (χ1v) is 11.4. The van der Waals surface area contributed by atoms with Crippen molar-refractivity contribution in [1.29, 1.82) is 0 Å². The molecule has 0 aliphatic heterocycles. The molecule has 0 fully saturated rings. The Morgan fingerprint density at radius 1 is 0.972 bits per heavy atom. The molecule has 6 aromatic rings. The summed E-state index contributed by atoms with van der Waals surface area (Å²) in [5.41, 5.74) is 5.07. The third kappa shape index (κ3) is 3.77. The van der Waals surface area contributed by atoms with Gasteiger partial charge >= 0.3 is 0 Å². The topological polar surface area (TPSA) is 108 Å². The summed E-state index contributed by atoms with van der Waals surface area (Å²) >= 11 is 0. The number of halogens is 2. The van der Waals surface area contributed by atoms with E-state index in [4.69, 9.17) is 4.98 Å². The van der Waals surface area contributed by atoms with Crippen LogP contribution in [0.15, 0.2) is 61.2 Å². The predicted octanol–water partition coefficient (Wildman–Crippen LogP) is 5.01. The first-order chi connectivity index (χ1) is 17.6. The van der Waals surface area contributed by atoms with E-state index in [9.17, 15) is 4.39 Å². The molecule has 0 saturated carbocycles. The van der Waals surface area contributed by atoms with Gasteiger partial charge in [-0.25, -0.2) is 18.7 Å². The number of hydrogen-bond donors (Lipinski definition) is 3. The van der Waals surface area contributed by atoms with Gasteiger partial charge in [-0.1, -0.05) is 6.92 Å². The van der Waals surface area contributed by atoms with Gasteiger partial charge in [-0.05, 0) is 48.5 Å². The number of H-pyrrole nitrogens is 2. The van der Waals surface area contributed by atoms with Crippen LogP contribution in [0.2, 0.25) is 0 Å². The summed E-state index contributed by atoms with van der Waals surface area (Å²) in [7, 11) is 0. The first kappa shape index (κ1) is 21.9. The van der Waals surface area contributed by atoms with Gasteiger partial charge < -0.3 is 10.3 Å². The predicted molar refractivity (Wildman–Crippen MR) is 133 cm³/mol. The Morgan fingerprint density at radius 2 is 1.83 bits per heavy atom. The second-order valence-electron chi connectivity index (χ2n) is 8.29. The fourth-order valence-electron chi connectivity index (χ4n) is 4.20. The number of imidazole rings is 1. The molecule has 0 aliphatic rings. The van der Waals surface area contributed by atoms with Crippen LogP contribution in [0, 0.1) is 11.6 Å². The molecule has 178 valence electrons. The lowest BCUT2D eigenvalue weighted by atomic mass is 10.1. The molecule has 5 aromatic heterocycles. The third-order valence-electron chi connectivity index (χ3n) is 5.96. The van der Waals surface area contributed by atoms with E-state index in [0.29, 0.717) is 45.9 Å². The lowest BCUT2D eigenvalue weighted by Gasteiger charge is -2.07. The second-order valence-corrected chi connectivity index (χ2v) is 8.29. The van der Waals surface area contributed by atoms with E-state index in [1.54, 1.807) is 36.8 Å². The summed E-state index contributed by atoms with van der Waals surface area (Å²) in [5.74, 6) is -0.414. The van der Waals surface area contributed by atoms with Gasteiger partial charge in [-0.3, -0.25) is 15.1 Å². The zero-order valence-corrected chi connectivity index (χ0v) is 19.2. The summed E-state index contributed by atoms with van der Waals surface area (Å²) in [6.45, 7) is 3.47. The average Bonchev–Trinajstić information content (AvgIpc) is 3.53. The van der Waals surface area contributed by atoms with Crippen LogP contribution in [-0.2, 0) is 6.54 Å². The van der Waals surface area contributed by atoms with Gasteiger partial charge in [0.15, 0.2) is 11.5 Å². The van der Waals surface area contributed by atoms with Crippen LogP contribution in [0.5, 0.6) is 0 Å². The van der Waals surface area contributed by atoms with E-state index in [1.165, 1.54) is 18.3 Å². The fourth-order valence-corrected chi connectivity index (χ4v) is 4.20. The number of benzene rings is 1. The minimum Gasteiger partial charge on any atom is -0.337 e. The molecular formula is C26H20F2N8. The average molecular weight is 482 g/mol. The molecule has 0 unspecified atom stereocenters. The summed E-state index contributed by atoms with van der Waals surface area (Å²) in [6.07, 6.45) is 6.47. The van der Waals surface area contributed by atoms with Crippen LogP contribution in [0.25, 0.3) is 56.0 Å². The number of pyridine rings is 3. The van der Waals surface area contributed by atoms with Crippen LogP contribution in [0.4, 0.5) is 8.78 Å². The SMILES string of the molecule is CCNCc1cncc(-c2cnc3n[nH]c(-c4nc5c(-c6ccc(F)cc6)nccc5[nH]4)c3c2F)c1. The standard InChI is InChI=1S/C26H20F2N8/c1-2-29-10-14-9-16(12-30-11-14)18-13-32-25-20(21(18)28)24(35-36-25)26-33-19-7-8-31-22(23(19)34-26)15-3-5-17(27)6-4-15/h3-9,11-13,29H,2,10H2,1H3,(H,33,34)(H,32,35,36). The third-order valence-corrected chi connectivity index (χ3v) is 5.96. The number of rotatable bonds is 6. The van der Waals surface area contributed by atoms with Crippen LogP contribution in [0.3, 0.4) is 0 Å². The maximum Gasteiger partial charge on any atom is 0.184 e. The Bertz CT molecular complexity index is 1710. The van der Waals surface area contributed by atoms with Gasteiger partial charge in [-0.2, -0.15) is 5.10 Å². The summed E-state index contributed by atoms with van der Waals surface area (Å²) in [4.78, 5) is 21.0. The van der Waals surface area contributed by atoms with Crippen molar-refractivity contribution in [3.8, 4) is 33.9 Å².